The van der Waals surface area contributed by atoms with Crippen molar-refractivity contribution in [1.82, 2.24) is 20.1 Å². The van der Waals surface area contributed by atoms with Gasteiger partial charge in [-0.25, -0.2) is 0 Å². The smallest absolute Gasteiger partial charge is 0.240 e. The van der Waals surface area contributed by atoms with Crippen LogP contribution in [0.3, 0.4) is 0 Å². The summed E-state index contributed by atoms with van der Waals surface area (Å²) in [5.41, 5.74) is 3.27. The van der Waals surface area contributed by atoms with E-state index in [4.69, 9.17) is 12.2 Å². The third kappa shape index (κ3) is 5.54. The van der Waals surface area contributed by atoms with Gasteiger partial charge in [0.15, 0.2) is 10.6 Å². The second-order valence-electron chi connectivity index (χ2n) is 6.93. The number of benzene rings is 2. The minimum atomic E-state index is -0.0702. The maximum atomic E-state index is 12.5. The number of aromatic nitrogens is 3. The predicted molar refractivity (Wildman–Crippen MR) is 120 cm³/mol. The van der Waals surface area contributed by atoms with Crippen LogP contribution in [0.1, 0.15) is 18.9 Å². The Kier molecular flexibility index (Phi) is 7.19. The Hall–Kier alpha value is -2.93. The van der Waals surface area contributed by atoms with Crippen molar-refractivity contribution in [2.75, 3.05) is 24.5 Å². The lowest BCUT2D eigenvalue weighted by molar-refractivity contribution is -0.121. The van der Waals surface area contributed by atoms with Crippen molar-refractivity contribution < 1.29 is 4.79 Å². The number of aromatic amines is 1. The van der Waals surface area contributed by atoms with Crippen LogP contribution in [0.2, 0.25) is 0 Å². The van der Waals surface area contributed by atoms with E-state index in [-0.39, 0.29) is 12.5 Å². The van der Waals surface area contributed by atoms with E-state index in [0.29, 0.717) is 17.1 Å². The fraction of sp³-hybridized carbons (Fsp3) is 0.318. The van der Waals surface area contributed by atoms with Crippen molar-refractivity contribution >= 4 is 23.8 Å². The zero-order valence-corrected chi connectivity index (χ0v) is 17.7. The Morgan fingerprint density at radius 2 is 2.00 bits per heavy atom. The molecule has 0 bridgehead atoms. The van der Waals surface area contributed by atoms with E-state index < -0.39 is 0 Å². The van der Waals surface area contributed by atoms with Gasteiger partial charge in [0.25, 0.3) is 0 Å². The summed E-state index contributed by atoms with van der Waals surface area (Å²) in [6.07, 6.45) is 0.871. The molecule has 7 heteroatoms. The molecule has 1 aromatic heterocycles. The lowest BCUT2D eigenvalue weighted by atomic mass is 10.1. The topological polar surface area (TPSA) is 66.0 Å². The van der Waals surface area contributed by atoms with E-state index in [0.717, 1.165) is 30.6 Å². The number of carbonyl (C=O) groups excluding carboxylic acids is 1. The quantitative estimate of drug-likeness (QED) is 0.415. The van der Waals surface area contributed by atoms with Gasteiger partial charge < -0.3 is 10.2 Å². The molecule has 0 saturated heterocycles. The van der Waals surface area contributed by atoms with Gasteiger partial charge >= 0.3 is 0 Å². The molecular weight excluding hydrogens is 382 g/mol. The van der Waals surface area contributed by atoms with Crippen LogP contribution in [0, 0.1) is 11.7 Å². The van der Waals surface area contributed by atoms with Crippen LogP contribution in [0.15, 0.2) is 54.6 Å². The average Bonchev–Trinajstić information content (AvgIpc) is 3.09. The van der Waals surface area contributed by atoms with E-state index >= 15 is 0 Å². The van der Waals surface area contributed by atoms with Gasteiger partial charge in [0.1, 0.15) is 6.54 Å². The molecular formula is C22H27N5OS. The number of aryl methyl sites for hydroxylation is 1. The van der Waals surface area contributed by atoms with E-state index in [1.54, 1.807) is 4.57 Å². The molecule has 0 aliphatic heterocycles. The molecule has 0 aliphatic rings. The Bertz CT molecular complexity index is 996. The molecule has 0 saturated carbocycles. The molecule has 0 spiro atoms. The minimum Gasteiger partial charge on any atom is -0.372 e. The van der Waals surface area contributed by atoms with E-state index in [1.807, 2.05) is 49.4 Å². The lowest BCUT2D eigenvalue weighted by Gasteiger charge is -2.23. The molecule has 0 atom stereocenters. The average molecular weight is 410 g/mol. The van der Waals surface area contributed by atoms with Gasteiger partial charge in [-0.2, -0.15) is 5.10 Å². The van der Waals surface area contributed by atoms with Crippen LogP contribution in [0.25, 0.3) is 11.4 Å². The Balaban J connectivity index is 1.54. The third-order valence-electron chi connectivity index (χ3n) is 4.77. The van der Waals surface area contributed by atoms with Crippen molar-refractivity contribution in [3.8, 4) is 11.4 Å². The molecule has 152 valence electrons. The summed E-state index contributed by atoms with van der Waals surface area (Å²) in [5.74, 6) is 0.606. The highest BCUT2D eigenvalue weighted by Gasteiger charge is 2.12. The van der Waals surface area contributed by atoms with Crippen molar-refractivity contribution in [1.29, 1.82) is 0 Å². The molecule has 3 aromatic rings. The molecule has 1 heterocycles. The molecule has 0 fully saturated rings. The molecule has 0 unspecified atom stereocenters. The first-order chi connectivity index (χ1) is 14.1. The number of para-hydroxylation sites is 1. The minimum absolute atomic E-state index is 0.0702. The van der Waals surface area contributed by atoms with Crippen LogP contribution >= 0.6 is 12.2 Å². The number of H-pyrrole nitrogens is 1. The van der Waals surface area contributed by atoms with E-state index in [9.17, 15) is 4.79 Å². The van der Waals surface area contributed by atoms with Crippen molar-refractivity contribution in [2.45, 2.75) is 26.8 Å². The summed E-state index contributed by atoms with van der Waals surface area (Å²) in [6.45, 7) is 6.75. The maximum Gasteiger partial charge on any atom is 0.240 e. The van der Waals surface area contributed by atoms with Gasteiger partial charge in [-0.15, -0.1) is 0 Å². The normalized spacial score (nSPS) is 10.7. The number of carbonyl (C=O) groups is 1. The van der Waals surface area contributed by atoms with Crippen molar-refractivity contribution in [3.63, 3.8) is 0 Å². The van der Waals surface area contributed by atoms with Crippen LogP contribution < -0.4 is 10.2 Å². The number of anilines is 1. The maximum absolute atomic E-state index is 12.5. The summed E-state index contributed by atoms with van der Waals surface area (Å²) in [7, 11) is 0. The highest BCUT2D eigenvalue weighted by atomic mass is 32.1. The molecule has 2 aromatic carbocycles. The standard InChI is InChI=1S/C22H27N5OS/c1-3-26(19-11-5-4-6-12-19)14-8-13-23-20(28)16-27-21(24-25-22(27)29)18-10-7-9-17(2)15-18/h4-7,9-12,15H,3,8,13-14,16H2,1-2H3,(H,23,28)(H,25,29). The molecule has 6 nitrogen and oxygen atoms in total. The number of nitrogens with one attached hydrogen (secondary N) is 2. The van der Waals surface area contributed by atoms with E-state index in [2.05, 4.69) is 39.5 Å². The summed E-state index contributed by atoms with van der Waals surface area (Å²) < 4.78 is 2.18. The van der Waals surface area contributed by atoms with Crippen molar-refractivity contribution in [3.05, 3.63) is 64.9 Å². The summed E-state index contributed by atoms with van der Waals surface area (Å²) in [6, 6.07) is 18.3. The first-order valence-corrected chi connectivity index (χ1v) is 10.3. The van der Waals surface area contributed by atoms with Crippen LogP contribution in [-0.4, -0.2) is 40.3 Å². The summed E-state index contributed by atoms with van der Waals surface area (Å²) in [4.78, 5) is 14.8. The van der Waals surface area contributed by atoms with Gasteiger partial charge in [-0.3, -0.25) is 14.5 Å². The second kappa shape index (κ2) is 10.0. The number of rotatable bonds is 9. The van der Waals surface area contributed by atoms with Gasteiger partial charge in [-0.1, -0.05) is 42.0 Å². The number of hydrogen-bond acceptors (Lipinski definition) is 4. The molecule has 3 rings (SSSR count). The van der Waals surface area contributed by atoms with Crippen LogP contribution in [0.4, 0.5) is 5.69 Å². The zero-order valence-electron chi connectivity index (χ0n) is 16.9. The summed E-state index contributed by atoms with van der Waals surface area (Å²) in [5, 5.41) is 10.1. The van der Waals surface area contributed by atoms with Crippen molar-refractivity contribution in [2.24, 2.45) is 0 Å². The first kappa shape index (κ1) is 20.8. The van der Waals surface area contributed by atoms with Gasteiger partial charge in [0, 0.05) is 30.9 Å². The molecule has 29 heavy (non-hydrogen) atoms. The number of nitrogens with zero attached hydrogens (tertiary/aromatic N) is 3. The SMILES string of the molecule is CCN(CCCNC(=O)Cn1c(-c2cccc(C)c2)n[nH]c1=S)c1ccccc1. The highest BCUT2D eigenvalue weighted by molar-refractivity contribution is 7.71. The van der Waals surface area contributed by atoms with Crippen LogP contribution in [0.5, 0.6) is 0 Å². The fourth-order valence-electron chi connectivity index (χ4n) is 3.27. The molecule has 0 aliphatic carbocycles. The van der Waals surface area contributed by atoms with Crippen LogP contribution in [-0.2, 0) is 11.3 Å². The van der Waals surface area contributed by atoms with E-state index in [1.165, 1.54) is 5.69 Å². The first-order valence-electron chi connectivity index (χ1n) is 9.87. The Morgan fingerprint density at radius 1 is 1.21 bits per heavy atom. The molecule has 0 radical (unpaired) electrons. The summed E-state index contributed by atoms with van der Waals surface area (Å²) >= 11 is 5.32. The molecule has 2 N–H and O–H groups in total. The number of hydrogen-bond donors (Lipinski definition) is 2. The van der Waals surface area contributed by atoms with Gasteiger partial charge in [0.2, 0.25) is 5.91 Å². The fourth-order valence-corrected chi connectivity index (χ4v) is 3.47. The largest absolute Gasteiger partial charge is 0.372 e. The Morgan fingerprint density at radius 3 is 2.72 bits per heavy atom. The lowest BCUT2D eigenvalue weighted by Crippen LogP contribution is -2.32. The zero-order chi connectivity index (χ0) is 20.6. The second-order valence-corrected chi connectivity index (χ2v) is 7.31. The highest BCUT2D eigenvalue weighted by Crippen LogP contribution is 2.18. The number of amides is 1. The molecule has 1 amide bonds. The monoisotopic (exact) mass is 409 g/mol. The van der Waals surface area contributed by atoms with Gasteiger partial charge in [-0.05, 0) is 50.7 Å². The predicted octanol–water partition coefficient (Wildman–Crippen LogP) is 3.95. The third-order valence-corrected chi connectivity index (χ3v) is 5.08. The van der Waals surface area contributed by atoms with Gasteiger partial charge in [0.05, 0.1) is 0 Å². The Labute approximate surface area is 176 Å².